The highest BCUT2D eigenvalue weighted by molar-refractivity contribution is 7.98. The van der Waals surface area contributed by atoms with Crippen molar-refractivity contribution in [2.24, 2.45) is 0 Å². The summed E-state index contributed by atoms with van der Waals surface area (Å²) in [4.78, 5) is 13.0. The number of carbonyl (C=O) groups is 1. The zero-order valence-electron chi connectivity index (χ0n) is 11.1. The van der Waals surface area contributed by atoms with E-state index >= 15 is 0 Å². The first kappa shape index (κ1) is 13.5. The van der Waals surface area contributed by atoms with Gasteiger partial charge in [0.05, 0.1) is 5.56 Å². The van der Waals surface area contributed by atoms with Crippen LogP contribution < -0.4 is 9.62 Å². The molecule has 8 heteroatoms. The van der Waals surface area contributed by atoms with Gasteiger partial charge in [0.25, 0.3) is 15.9 Å². The first-order valence-electron chi connectivity index (χ1n) is 6.17. The standard InChI is InChI=1S/C12H13N3O3S2/c1-12(2)11(16)15(20(12,17)18)10-8(5-13)7-3-4-14-6-9(7)19-10/h14H,3-4,6H2,1-2H3. The van der Waals surface area contributed by atoms with Gasteiger partial charge in [-0.25, -0.2) is 8.42 Å². The third-order valence-corrected chi connectivity index (χ3v) is 7.42. The molecule has 1 aromatic heterocycles. The lowest BCUT2D eigenvalue weighted by atomic mass is 10.0. The van der Waals surface area contributed by atoms with E-state index in [9.17, 15) is 18.5 Å². The van der Waals surface area contributed by atoms with Gasteiger partial charge >= 0.3 is 0 Å². The molecule has 20 heavy (non-hydrogen) atoms. The van der Waals surface area contributed by atoms with Crippen molar-refractivity contribution in [1.29, 1.82) is 5.26 Å². The number of nitrogens with zero attached hydrogens (tertiary/aromatic N) is 2. The van der Waals surface area contributed by atoms with E-state index in [1.165, 1.54) is 25.2 Å². The highest BCUT2D eigenvalue weighted by Gasteiger charge is 2.62. The van der Waals surface area contributed by atoms with Crippen molar-refractivity contribution in [2.45, 2.75) is 31.6 Å². The molecule has 0 saturated carbocycles. The summed E-state index contributed by atoms with van der Waals surface area (Å²) in [7, 11) is -3.71. The lowest BCUT2D eigenvalue weighted by Crippen LogP contribution is -2.67. The monoisotopic (exact) mass is 311 g/mol. The summed E-state index contributed by atoms with van der Waals surface area (Å²) >= 11 is 1.22. The van der Waals surface area contributed by atoms with Crippen molar-refractivity contribution in [3.63, 3.8) is 0 Å². The van der Waals surface area contributed by atoms with Crippen LogP contribution in [-0.2, 0) is 27.8 Å². The summed E-state index contributed by atoms with van der Waals surface area (Å²) < 4.78 is 23.9. The zero-order chi connectivity index (χ0) is 14.7. The van der Waals surface area contributed by atoms with E-state index in [1.54, 1.807) is 0 Å². The minimum atomic E-state index is -3.71. The van der Waals surface area contributed by atoms with Crippen LogP contribution in [0.5, 0.6) is 0 Å². The molecule has 1 amide bonds. The fourth-order valence-electron chi connectivity index (χ4n) is 2.43. The zero-order valence-corrected chi connectivity index (χ0v) is 12.7. The smallest absolute Gasteiger partial charge is 0.264 e. The molecule has 1 aromatic rings. The molecule has 6 nitrogen and oxygen atoms in total. The highest BCUT2D eigenvalue weighted by atomic mass is 32.2. The molecule has 106 valence electrons. The lowest BCUT2D eigenvalue weighted by Gasteiger charge is -2.42. The van der Waals surface area contributed by atoms with E-state index < -0.39 is 20.7 Å². The Morgan fingerprint density at radius 3 is 2.75 bits per heavy atom. The van der Waals surface area contributed by atoms with Gasteiger partial charge in [0, 0.05) is 11.4 Å². The minimum absolute atomic E-state index is 0.255. The molecule has 0 spiro atoms. The summed E-state index contributed by atoms with van der Waals surface area (Å²) in [6, 6.07) is 2.06. The van der Waals surface area contributed by atoms with Crippen LogP contribution in [0, 0.1) is 11.3 Å². The molecule has 1 fully saturated rings. The molecule has 2 aliphatic heterocycles. The Bertz CT molecular complexity index is 756. The van der Waals surface area contributed by atoms with Gasteiger partial charge in [-0.05, 0) is 32.4 Å². The number of thiophene rings is 1. The van der Waals surface area contributed by atoms with E-state index in [0.29, 0.717) is 18.5 Å². The molecule has 0 bridgehead atoms. The van der Waals surface area contributed by atoms with Crippen LogP contribution in [-0.4, -0.2) is 25.6 Å². The number of rotatable bonds is 1. The van der Waals surface area contributed by atoms with Crippen LogP contribution in [0.1, 0.15) is 29.9 Å². The third-order valence-electron chi connectivity index (χ3n) is 3.79. The second kappa shape index (κ2) is 4.04. The van der Waals surface area contributed by atoms with Crippen LogP contribution in [0.25, 0.3) is 0 Å². The molecular formula is C12H13N3O3S2. The third kappa shape index (κ3) is 1.45. The van der Waals surface area contributed by atoms with Gasteiger partial charge in [0.15, 0.2) is 4.75 Å². The van der Waals surface area contributed by atoms with Gasteiger partial charge in [0.1, 0.15) is 11.1 Å². The maximum absolute atomic E-state index is 12.2. The molecule has 3 rings (SSSR count). The summed E-state index contributed by atoms with van der Waals surface area (Å²) in [5.41, 5.74) is 1.21. The Balaban J connectivity index is 2.16. The molecule has 3 heterocycles. The fourth-order valence-corrected chi connectivity index (χ4v) is 5.40. The largest absolute Gasteiger partial charge is 0.312 e. The van der Waals surface area contributed by atoms with Crippen molar-refractivity contribution in [3.8, 4) is 6.07 Å². The first-order valence-corrected chi connectivity index (χ1v) is 8.42. The van der Waals surface area contributed by atoms with Crippen LogP contribution >= 0.6 is 11.3 Å². The Morgan fingerprint density at radius 2 is 2.15 bits per heavy atom. The lowest BCUT2D eigenvalue weighted by molar-refractivity contribution is -0.120. The van der Waals surface area contributed by atoms with Gasteiger partial charge in [-0.15, -0.1) is 11.3 Å². The normalized spacial score (nSPS) is 22.9. The van der Waals surface area contributed by atoms with Crippen LogP contribution in [0.3, 0.4) is 0 Å². The van der Waals surface area contributed by atoms with E-state index in [1.807, 2.05) is 0 Å². The molecule has 0 unspecified atom stereocenters. The Kier molecular flexibility index (Phi) is 2.73. The number of nitriles is 1. The number of anilines is 1. The molecule has 0 atom stereocenters. The van der Waals surface area contributed by atoms with Crippen molar-refractivity contribution in [1.82, 2.24) is 5.32 Å². The average Bonchev–Trinajstić information content (AvgIpc) is 2.76. The Labute approximate surface area is 121 Å². The quantitative estimate of drug-likeness (QED) is 0.825. The van der Waals surface area contributed by atoms with Crippen molar-refractivity contribution < 1.29 is 13.2 Å². The predicted octanol–water partition coefficient (Wildman–Crippen LogP) is 0.720. The van der Waals surface area contributed by atoms with Gasteiger partial charge in [0.2, 0.25) is 0 Å². The topological polar surface area (TPSA) is 90.3 Å². The van der Waals surface area contributed by atoms with Crippen molar-refractivity contribution in [2.75, 3.05) is 10.8 Å². The minimum Gasteiger partial charge on any atom is -0.312 e. The molecule has 0 aliphatic carbocycles. The van der Waals surface area contributed by atoms with Gasteiger partial charge in [-0.2, -0.15) is 9.57 Å². The number of nitrogens with one attached hydrogen (secondary N) is 1. The van der Waals surface area contributed by atoms with Crippen LogP contribution in [0.4, 0.5) is 5.00 Å². The Morgan fingerprint density at radius 1 is 1.45 bits per heavy atom. The van der Waals surface area contributed by atoms with Crippen molar-refractivity contribution in [3.05, 3.63) is 16.0 Å². The second-order valence-electron chi connectivity index (χ2n) is 5.31. The average molecular weight is 311 g/mol. The maximum Gasteiger partial charge on any atom is 0.264 e. The fraction of sp³-hybridized carbons (Fsp3) is 0.500. The summed E-state index contributed by atoms with van der Waals surface area (Å²) in [6.07, 6.45) is 0.681. The number of fused-ring (bicyclic) bond motifs is 1. The van der Waals surface area contributed by atoms with E-state index in [4.69, 9.17) is 0 Å². The predicted molar refractivity (Wildman–Crippen MR) is 74.9 cm³/mol. The number of sulfonamides is 1. The number of amides is 1. The summed E-state index contributed by atoms with van der Waals surface area (Å²) in [5, 5.41) is 12.8. The SMILES string of the molecule is CC1(C)C(=O)N(c2sc3c(c2C#N)CCNC3)S1(=O)=O. The second-order valence-corrected chi connectivity index (χ2v) is 8.73. The van der Waals surface area contributed by atoms with Crippen LogP contribution in [0.2, 0.25) is 0 Å². The molecular weight excluding hydrogens is 298 g/mol. The first-order chi connectivity index (χ1) is 9.32. The summed E-state index contributed by atoms with van der Waals surface area (Å²) in [6.45, 7) is 4.15. The van der Waals surface area contributed by atoms with Gasteiger partial charge in [-0.3, -0.25) is 4.79 Å². The highest BCUT2D eigenvalue weighted by Crippen LogP contribution is 2.46. The van der Waals surface area contributed by atoms with Gasteiger partial charge in [-0.1, -0.05) is 0 Å². The Hall–Kier alpha value is -1.43. The number of carbonyl (C=O) groups excluding carboxylic acids is 1. The van der Waals surface area contributed by atoms with E-state index in [2.05, 4.69) is 11.4 Å². The molecule has 2 aliphatic rings. The van der Waals surface area contributed by atoms with Gasteiger partial charge < -0.3 is 5.32 Å². The van der Waals surface area contributed by atoms with Crippen LogP contribution in [0.15, 0.2) is 0 Å². The molecule has 1 saturated heterocycles. The molecule has 0 radical (unpaired) electrons. The van der Waals surface area contributed by atoms with Crippen molar-refractivity contribution >= 4 is 32.3 Å². The maximum atomic E-state index is 12.2. The molecule has 0 aromatic carbocycles. The summed E-state index contributed by atoms with van der Waals surface area (Å²) in [5.74, 6) is -0.472. The number of hydrogen-bond donors (Lipinski definition) is 1. The number of hydrogen-bond acceptors (Lipinski definition) is 6. The van der Waals surface area contributed by atoms with E-state index in [-0.39, 0.29) is 5.00 Å². The molecule has 1 N–H and O–H groups in total. The van der Waals surface area contributed by atoms with E-state index in [0.717, 1.165) is 21.3 Å².